The Morgan fingerprint density at radius 2 is 2.19 bits per heavy atom. The minimum atomic E-state index is -0.0938. The van der Waals surface area contributed by atoms with Gasteiger partial charge in [-0.25, -0.2) is 0 Å². The number of hydrogen-bond acceptors (Lipinski definition) is 3. The monoisotopic (exact) mass is 289 g/mol. The molecule has 0 heterocycles. The predicted octanol–water partition coefficient (Wildman–Crippen LogP) is 3.24. The molecule has 1 aromatic rings. The minimum absolute atomic E-state index is 0.0805. The van der Waals surface area contributed by atoms with Gasteiger partial charge in [-0.2, -0.15) is 0 Å². The highest BCUT2D eigenvalue weighted by Crippen LogP contribution is 2.29. The molecule has 2 atom stereocenters. The van der Waals surface area contributed by atoms with Crippen molar-refractivity contribution in [3.63, 3.8) is 0 Å². The van der Waals surface area contributed by atoms with Crippen molar-refractivity contribution >= 4 is 5.91 Å². The van der Waals surface area contributed by atoms with Gasteiger partial charge < -0.3 is 14.8 Å². The van der Waals surface area contributed by atoms with Gasteiger partial charge in [-0.05, 0) is 37.8 Å². The van der Waals surface area contributed by atoms with E-state index in [2.05, 4.69) is 17.5 Å². The third-order valence-electron chi connectivity index (χ3n) is 3.84. The van der Waals surface area contributed by atoms with Gasteiger partial charge in [0, 0.05) is 18.1 Å². The van der Waals surface area contributed by atoms with Gasteiger partial charge in [0.05, 0.1) is 20.3 Å². The van der Waals surface area contributed by atoms with Crippen LogP contribution in [0.2, 0.25) is 0 Å². The van der Waals surface area contributed by atoms with Gasteiger partial charge in [0.25, 0.3) is 0 Å². The van der Waals surface area contributed by atoms with Crippen LogP contribution in [0.25, 0.3) is 0 Å². The minimum Gasteiger partial charge on any atom is -0.497 e. The van der Waals surface area contributed by atoms with Crippen molar-refractivity contribution in [3.8, 4) is 11.5 Å². The zero-order valence-electron chi connectivity index (χ0n) is 12.9. The van der Waals surface area contributed by atoms with Gasteiger partial charge in [-0.15, -0.1) is 0 Å². The van der Waals surface area contributed by atoms with Crippen LogP contribution in [0.15, 0.2) is 30.4 Å². The second-order valence-electron chi connectivity index (χ2n) is 5.37. The van der Waals surface area contributed by atoms with Gasteiger partial charge in [-0.1, -0.05) is 12.2 Å². The maximum atomic E-state index is 12.1. The summed E-state index contributed by atoms with van der Waals surface area (Å²) in [7, 11) is 3.24. The first kappa shape index (κ1) is 15.4. The molecule has 0 bridgehead atoms. The standard InChI is InChI=1S/C17H23NO3/c1-12(18-17(19)10-13-6-4-5-7-13)15-9-8-14(20-2)11-16(15)21-3/h4,6,8-9,11-13H,5,7,10H2,1-3H3,(H,18,19). The summed E-state index contributed by atoms with van der Waals surface area (Å²) in [6.07, 6.45) is 7.00. The Balaban J connectivity index is 2.00. The number of hydrogen-bond donors (Lipinski definition) is 1. The molecule has 0 aliphatic heterocycles. The molecular weight excluding hydrogens is 266 g/mol. The maximum absolute atomic E-state index is 12.1. The topological polar surface area (TPSA) is 47.6 Å². The summed E-state index contributed by atoms with van der Waals surface area (Å²) < 4.78 is 10.6. The van der Waals surface area contributed by atoms with E-state index in [0.717, 1.165) is 29.9 Å². The normalized spacial score (nSPS) is 18.3. The smallest absolute Gasteiger partial charge is 0.221 e. The Morgan fingerprint density at radius 1 is 1.38 bits per heavy atom. The van der Waals surface area contributed by atoms with Crippen LogP contribution in [-0.2, 0) is 4.79 Å². The van der Waals surface area contributed by atoms with Crippen LogP contribution in [0.1, 0.15) is 37.8 Å². The molecule has 1 aliphatic rings. The van der Waals surface area contributed by atoms with Gasteiger partial charge in [0.15, 0.2) is 0 Å². The van der Waals surface area contributed by atoms with Crippen molar-refractivity contribution in [2.75, 3.05) is 14.2 Å². The molecule has 2 rings (SSSR count). The highest BCUT2D eigenvalue weighted by atomic mass is 16.5. The van der Waals surface area contributed by atoms with E-state index in [-0.39, 0.29) is 11.9 Å². The summed E-state index contributed by atoms with van der Waals surface area (Å²) in [6, 6.07) is 5.54. The summed E-state index contributed by atoms with van der Waals surface area (Å²) in [4.78, 5) is 12.1. The lowest BCUT2D eigenvalue weighted by Crippen LogP contribution is -2.28. The lowest BCUT2D eigenvalue weighted by Gasteiger charge is -2.19. The molecule has 1 N–H and O–H groups in total. The summed E-state index contributed by atoms with van der Waals surface area (Å²) in [5.41, 5.74) is 0.952. The number of allylic oxidation sites excluding steroid dienone is 2. The van der Waals surface area contributed by atoms with Crippen LogP contribution in [0.4, 0.5) is 0 Å². The van der Waals surface area contributed by atoms with E-state index in [4.69, 9.17) is 9.47 Å². The van der Waals surface area contributed by atoms with E-state index in [9.17, 15) is 4.79 Å². The number of carbonyl (C=O) groups is 1. The Labute approximate surface area is 126 Å². The van der Waals surface area contributed by atoms with E-state index < -0.39 is 0 Å². The van der Waals surface area contributed by atoms with Gasteiger partial charge in [0.1, 0.15) is 11.5 Å². The van der Waals surface area contributed by atoms with Crippen LogP contribution < -0.4 is 14.8 Å². The molecular formula is C17H23NO3. The Kier molecular flexibility index (Phi) is 5.26. The average Bonchev–Trinajstić information content (AvgIpc) is 2.99. The SMILES string of the molecule is COc1ccc(C(C)NC(=O)CC2C=CCC2)c(OC)c1. The quantitative estimate of drug-likeness (QED) is 0.818. The molecule has 2 unspecified atom stereocenters. The molecule has 0 saturated heterocycles. The van der Waals surface area contributed by atoms with Crippen LogP contribution in [0.5, 0.6) is 11.5 Å². The van der Waals surface area contributed by atoms with Gasteiger partial charge in [0.2, 0.25) is 5.91 Å². The number of nitrogens with one attached hydrogen (secondary N) is 1. The molecule has 0 aromatic heterocycles. The van der Waals surface area contributed by atoms with Crippen LogP contribution in [0, 0.1) is 5.92 Å². The third kappa shape index (κ3) is 4.00. The van der Waals surface area contributed by atoms with Crippen LogP contribution in [-0.4, -0.2) is 20.1 Å². The number of amides is 1. The fraction of sp³-hybridized carbons (Fsp3) is 0.471. The molecule has 4 heteroatoms. The highest BCUT2D eigenvalue weighted by Gasteiger charge is 2.18. The molecule has 0 spiro atoms. The number of carbonyl (C=O) groups excluding carboxylic acids is 1. The third-order valence-corrected chi connectivity index (χ3v) is 3.84. The maximum Gasteiger partial charge on any atom is 0.221 e. The van der Waals surface area contributed by atoms with Crippen molar-refractivity contribution in [3.05, 3.63) is 35.9 Å². The van der Waals surface area contributed by atoms with Crippen LogP contribution >= 0.6 is 0 Å². The van der Waals surface area contributed by atoms with Crippen molar-refractivity contribution in [2.45, 2.75) is 32.2 Å². The van der Waals surface area contributed by atoms with E-state index in [1.54, 1.807) is 14.2 Å². The number of rotatable bonds is 6. The van der Waals surface area contributed by atoms with E-state index in [0.29, 0.717) is 12.3 Å². The largest absolute Gasteiger partial charge is 0.497 e. The first-order chi connectivity index (χ1) is 10.1. The second-order valence-corrected chi connectivity index (χ2v) is 5.37. The lowest BCUT2D eigenvalue weighted by atomic mass is 10.0. The molecule has 1 aliphatic carbocycles. The Bertz CT molecular complexity index is 525. The molecule has 0 saturated carbocycles. The van der Waals surface area contributed by atoms with Crippen molar-refractivity contribution < 1.29 is 14.3 Å². The fourth-order valence-corrected chi connectivity index (χ4v) is 2.66. The number of benzene rings is 1. The summed E-state index contributed by atoms with van der Waals surface area (Å²) in [5, 5.41) is 3.04. The van der Waals surface area contributed by atoms with Gasteiger partial charge >= 0.3 is 0 Å². The number of ether oxygens (including phenoxy) is 2. The van der Waals surface area contributed by atoms with E-state index in [1.807, 2.05) is 25.1 Å². The van der Waals surface area contributed by atoms with Crippen molar-refractivity contribution in [1.29, 1.82) is 0 Å². The predicted molar refractivity (Wildman–Crippen MR) is 82.6 cm³/mol. The first-order valence-corrected chi connectivity index (χ1v) is 7.32. The molecule has 4 nitrogen and oxygen atoms in total. The zero-order valence-corrected chi connectivity index (χ0v) is 12.9. The zero-order chi connectivity index (χ0) is 15.2. The molecule has 1 aromatic carbocycles. The van der Waals surface area contributed by atoms with E-state index >= 15 is 0 Å². The average molecular weight is 289 g/mol. The molecule has 114 valence electrons. The molecule has 1 amide bonds. The van der Waals surface area contributed by atoms with Gasteiger partial charge in [-0.3, -0.25) is 4.79 Å². The Morgan fingerprint density at radius 3 is 2.81 bits per heavy atom. The van der Waals surface area contributed by atoms with E-state index in [1.165, 1.54) is 0 Å². The summed E-state index contributed by atoms with van der Waals surface area (Å²) >= 11 is 0. The summed E-state index contributed by atoms with van der Waals surface area (Å²) in [6.45, 7) is 1.96. The molecule has 21 heavy (non-hydrogen) atoms. The second kappa shape index (κ2) is 7.16. The van der Waals surface area contributed by atoms with Crippen molar-refractivity contribution in [1.82, 2.24) is 5.32 Å². The van der Waals surface area contributed by atoms with Crippen molar-refractivity contribution in [2.24, 2.45) is 5.92 Å². The Hall–Kier alpha value is -1.97. The molecule has 0 fully saturated rings. The number of methoxy groups -OCH3 is 2. The highest BCUT2D eigenvalue weighted by molar-refractivity contribution is 5.77. The molecule has 0 radical (unpaired) electrons. The summed E-state index contributed by atoms with van der Waals surface area (Å²) in [5.74, 6) is 1.93. The first-order valence-electron chi connectivity index (χ1n) is 7.32. The fourth-order valence-electron chi connectivity index (χ4n) is 2.66. The van der Waals surface area contributed by atoms with Crippen LogP contribution in [0.3, 0.4) is 0 Å². The lowest BCUT2D eigenvalue weighted by molar-refractivity contribution is -0.122.